The summed E-state index contributed by atoms with van der Waals surface area (Å²) in [6.07, 6.45) is -1.70. The molecule has 1 rings (SSSR count). The number of rotatable bonds is 3. The van der Waals surface area contributed by atoms with E-state index < -0.39 is 35.3 Å². The molecule has 1 aliphatic heterocycles. The first-order valence-corrected chi connectivity index (χ1v) is 6.76. The fourth-order valence-electron chi connectivity index (χ4n) is 1.60. The van der Waals surface area contributed by atoms with Gasteiger partial charge in [0.1, 0.15) is 11.1 Å². The zero-order valence-electron chi connectivity index (χ0n) is 11.8. The summed E-state index contributed by atoms with van der Waals surface area (Å²) in [4.78, 5) is 32.7. The second-order valence-corrected chi connectivity index (χ2v) is 5.03. The predicted octanol–water partition coefficient (Wildman–Crippen LogP) is 0.821. The van der Waals surface area contributed by atoms with Gasteiger partial charge < -0.3 is 23.7 Å². The largest absolute Gasteiger partial charge is 0.458 e. The molecular formula is C12H19BrO7. The van der Waals surface area contributed by atoms with Crippen LogP contribution >= 0.6 is 15.9 Å². The molecule has 0 N–H and O–H groups in total. The van der Waals surface area contributed by atoms with E-state index >= 15 is 0 Å². The van der Waals surface area contributed by atoms with Gasteiger partial charge in [0.2, 0.25) is 0 Å². The standard InChI is InChI=1S/C10H13BrO6.C2H6O/c1-5(13)15-7-3-9(11)17-8(4-12)10(7)16-6(2)14;1-3-2/h4,7-10H,3H2,1-2H3;1-2H3/t7?,8?,9-,10-;/m0./s1. The van der Waals surface area contributed by atoms with E-state index in [0.29, 0.717) is 12.7 Å². The van der Waals surface area contributed by atoms with Crippen molar-refractivity contribution >= 4 is 34.2 Å². The van der Waals surface area contributed by atoms with Gasteiger partial charge in [-0.2, -0.15) is 0 Å². The van der Waals surface area contributed by atoms with Crippen molar-refractivity contribution in [1.82, 2.24) is 0 Å². The number of halogens is 1. The van der Waals surface area contributed by atoms with Crippen LogP contribution in [0.2, 0.25) is 0 Å². The molecule has 0 bridgehead atoms. The number of methoxy groups -OCH3 is 1. The minimum absolute atomic E-state index is 0.307. The number of carbonyl (C=O) groups is 3. The van der Waals surface area contributed by atoms with Crippen molar-refractivity contribution in [2.75, 3.05) is 14.2 Å². The summed E-state index contributed by atoms with van der Waals surface area (Å²) in [5, 5.41) is -0.422. The highest BCUT2D eigenvalue weighted by molar-refractivity contribution is 9.09. The van der Waals surface area contributed by atoms with E-state index in [2.05, 4.69) is 20.7 Å². The Morgan fingerprint density at radius 1 is 1.20 bits per heavy atom. The lowest BCUT2D eigenvalue weighted by atomic mass is 10.0. The van der Waals surface area contributed by atoms with Crippen LogP contribution in [0, 0.1) is 0 Å². The Bertz CT molecular complexity index is 334. The summed E-state index contributed by atoms with van der Waals surface area (Å²) >= 11 is 3.18. The number of hydrogen-bond acceptors (Lipinski definition) is 7. The molecule has 1 saturated heterocycles. The molecular weight excluding hydrogens is 336 g/mol. The summed E-state index contributed by atoms with van der Waals surface area (Å²) in [6, 6.07) is 0. The highest BCUT2D eigenvalue weighted by atomic mass is 79.9. The Hall–Kier alpha value is -0.990. The Morgan fingerprint density at radius 2 is 1.70 bits per heavy atom. The van der Waals surface area contributed by atoms with E-state index in [1.54, 1.807) is 14.2 Å². The van der Waals surface area contributed by atoms with Gasteiger partial charge in [0.25, 0.3) is 0 Å². The lowest BCUT2D eigenvalue weighted by Crippen LogP contribution is -2.51. The van der Waals surface area contributed by atoms with Gasteiger partial charge in [-0.15, -0.1) is 0 Å². The van der Waals surface area contributed by atoms with Crippen LogP contribution in [-0.2, 0) is 33.3 Å². The Morgan fingerprint density at radius 3 is 2.10 bits per heavy atom. The highest BCUT2D eigenvalue weighted by Crippen LogP contribution is 2.27. The second kappa shape index (κ2) is 9.84. The van der Waals surface area contributed by atoms with E-state index in [9.17, 15) is 14.4 Å². The van der Waals surface area contributed by atoms with Crippen LogP contribution in [0.25, 0.3) is 0 Å². The first kappa shape index (κ1) is 19.0. The molecule has 1 fully saturated rings. The molecule has 0 radical (unpaired) electrons. The molecule has 0 spiro atoms. The normalized spacial score (nSPS) is 28.6. The lowest BCUT2D eigenvalue weighted by molar-refractivity contribution is -0.194. The molecule has 8 heteroatoms. The van der Waals surface area contributed by atoms with Gasteiger partial charge in [0.05, 0.1) is 0 Å². The van der Waals surface area contributed by atoms with E-state index in [1.165, 1.54) is 13.8 Å². The van der Waals surface area contributed by atoms with Crippen molar-refractivity contribution in [3.05, 3.63) is 0 Å². The predicted molar refractivity (Wildman–Crippen MR) is 72.3 cm³/mol. The molecule has 4 atom stereocenters. The average Bonchev–Trinajstić information content (AvgIpc) is 2.32. The van der Waals surface area contributed by atoms with Crippen molar-refractivity contribution in [1.29, 1.82) is 0 Å². The molecule has 1 aliphatic rings. The zero-order valence-corrected chi connectivity index (χ0v) is 13.4. The highest BCUT2D eigenvalue weighted by Gasteiger charge is 2.42. The Kier molecular flexibility index (Phi) is 9.35. The van der Waals surface area contributed by atoms with Crippen LogP contribution in [0.4, 0.5) is 0 Å². The first-order valence-electron chi connectivity index (χ1n) is 5.85. The summed E-state index contributed by atoms with van der Waals surface area (Å²) in [7, 11) is 3.25. The molecule has 0 aromatic heterocycles. The lowest BCUT2D eigenvalue weighted by Gasteiger charge is -2.36. The van der Waals surface area contributed by atoms with Crippen molar-refractivity contribution in [3.63, 3.8) is 0 Å². The van der Waals surface area contributed by atoms with Crippen LogP contribution < -0.4 is 0 Å². The maximum absolute atomic E-state index is 10.9. The first-order chi connectivity index (χ1) is 9.35. The molecule has 0 saturated carbocycles. The molecule has 0 amide bonds. The second-order valence-electron chi connectivity index (χ2n) is 4.01. The molecule has 1 heterocycles. The minimum atomic E-state index is -0.943. The Labute approximate surface area is 126 Å². The quantitative estimate of drug-likeness (QED) is 0.421. The molecule has 20 heavy (non-hydrogen) atoms. The molecule has 116 valence electrons. The van der Waals surface area contributed by atoms with E-state index in [1.807, 2.05) is 0 Å². The van der Waals surface area contributed by atoms with Gasteiger partial charge in [0.15, 0.2) is 18.5 Å². The van der Waals surface area contributed by atoms with Crippen LogP contribution in [0.15, 0.2) is 0 Å². The Balaban J connectivity index is 0.00000110. The van der Waals surface area contributed by atoms with Crippen molar-refractivity contribution in [2.24, 2.45) is 0 Å². The van der Waals surface area contributed by atoms with E-state index in [-0.39, 0.29) is 0 Å². The van der Waals surface area contributed by atoms with Gasteiger partial charge in [-0.1, -0.05) is 15.9 Å². The fourth-order valence-corrected chi connectivity index (χ4v) is 2.22. The van der Waals surface area contributed by atoms with Crippen molar-refractivity contribution < 1.29 is 33.3 Å². The molecule has 0 aromatic carbocycles. The van der Waals surface area contributed by atoms with Crippen LogP contribution in [-0.4, -0.2) is 55.8 Å². The number of esters is 2. The van der Waals surface area contributed by atoms with Crippen molar-refractivity contribution in [2.45, 2.75) is 43.6 Å². The number of aldehydes is 1. The van der Waals surface area contributed by atoms with Crippen LogP contribution in [0.1, 0.15) is 20.3 Å². The third-order valence-corrected chi connectivity index (χ3v) is 2.76. The zero-order chi connectivity index (χ0) is 15.7. The SMILES string of the molecule is CC(=O)OC1C[C@@H](Br)OC(C=O)[C@H]1OC(C)=O.COC. The number of hydrogen-bond donors (Lipinski definition) is 0. The van der Waals surface area contributed by atoms with E-state index in [0.717, 1.165) is 0 Å². The van der Waals surface area contributed by atoms with Gasteiger partial charge in [-0.25, -0.2) is 0 Å². The molecule has 0 aliphatic carbocycles. The summed E-state index contributed by atoms with van der Waals surface area (Å²) in [5.74, 6) is -1.06. The number of carbonyl (C=O) groups excluding carboxylic acids is 3. The molecule has 7 nitrogen and oxygen atoms in total. The third kappa shape index (κ3) is 6.97. The van der Waals surface area contributed by atoms with Crippen LogP contribution in [0.5, 0.6) is 0 Å². The van der Waals surface area contributed by atoms with Gasteiger partial charge in [-0.3, -0.25) is 9.59 Å². The van der Waals surface area contributed by atoms with Gasteiger partial charge in [-0.05, 0) is 0 Å². The topological polar surface area (TPSA) is 88.1 Å². The number of alkyl halides is 1. The van der Waals surface area contributed by atoms with Crippen molar-refractivity contribution in [3.8, 4) is 0 Å². The maximum Gasteiger partial charge on any atom is 0.303 e. The van der Waals surface area contributed by atoms with Gasteiger partial charge in [0, 0.05) is 34.5 Å². The summed E-state index contributed by atoms with van der Waals surface area (Å²) in [5.41, 5.74) is 0. The maximum atomic E-state index is 10.9. The smallest absolute Gasteiger partial charge is 0.303 e. The van der Waals surface area contributed by atoms with Crippen LogP contribution in [0.3, 0.4) is 0 Å². The summed E-state index contributed by atoms with van der Waals surface area (Å²) < 4.78 is 19.5. The third-order valence-electron chi connectivity index (χ3n) is 2.17. The molecule has 0 aromatic rings. The average molecular weight is 355 g/mol. The fraction of sp³-hybridized carbons (Fsp3) is 0.750. The van der Waals surface area contributed by atoms with E-state index in [4.69, 9.17) is 14.2 Å². The monoisotopic (exact) mass is 354 g/mol. The van der Waals surface area contributed by atoms with Gasteiger partial charge >= 0.3 is 11.9 Å². The summed E-state index contributed by atoms with van der Waals surface area (Å²) in [6.45, 7) is 2.46. The number of ether oxygens (including phenoxy) is 4. The minimum Gasteiger partial charge on any atom is -0.458 e. The molecule has 2 unspecified atom stereocenters.